The molecule has 1 atom stereocenters. The third kappa shape index (κ3) is 4.41. The number of carbonyl (C=O) groups is 1. The van der Waals surface area contributed by atoms with Crippen molar-refractivity contribution in [3.8, 4) is 11.4 Å². The molecule has 8 nitrogen and oxygen atoms in total. The Morgan fingerprint density at radius 3 is 2.70 bits per heavy atom. The number of nitrogens with zero attached hydrogens (tertiary/aromatic N) is 6. The van der Waals surface area contributed by atoms with Gasteiger partial charge in [0.1, 0.15) is 11.4 Å². The van der Waals surface area contributed by atoms with Crippen molar-refractivity contribution in [1.29, 1.82) is 0 Å². The summed E-state index contributed by atoms with van der Waals surface area (Å²) in [4.78, 5) is 17.1. The smallest absolute Gasteiger partial charge is 0.235 e. The molecule has 27 heavy (non-hydrogen) atoms. The number of tetrazole rings is 1. The second kappa shape index (κ2) is 8.71. The van der Waals surface area contributed by atoms with E-state index in [1.54, 1.807) is 11.8 Å². The molecule has 0 N–H and O–H groups in total. The van der Waals surface area contributed by atoms with Gasteiger partial charge in [-0.25, -0.2) is 0 Å². The minimum absolute atomic E-state index is 0.126. The molecule has 1 saturated heterocycles. The lowest BCUT2D eigenvalue weighted by Crippen LogP contribution is -2.50. The minimum Gasteiger partial charge on any atom is -0.494 e. The maximum absolute atomic E-state index is 12.8. The zero-order valence-corrected chi connectivity index (χ0v) is 17.1. The SMILES string of the molecule is CCN1CCN(C(=O)C(C)Sc2nnnn2-c2cc(C)ccc2OC)CC1. The molecular formula is C18H26N6O2S. The molecule has 0 radical (unpaired) electrons. The molecule has 0 spiro atoms. The highest BCUT2D eigenvalue weighted by Crippen LogP contribution is 2.29. The molecule has 0 aliphatic carbocycles. The maximum Gasteiger partial charge on any atom is 0.235 e. The van der Waals surface area contributed by atoms with E-state index in [0.717, 1.165) is 44.0 Å². The van der Waals surface area contributed by atoms with Crippen LogP contribution in [0.1, 0.15) is 19.4 Å². The normalized spacial score (nSPS) is 16.4. The molecule has 1 aliphatic rings. The summed E-state index contributed by atoms with van der Waals surface area (Å²) in [6.07, 6.45) is 0. The zero-order chi connectivity index (χ0) is 19.4. The molecule has 9 heteroatoms. The van der Waals surface area contributed by atoms with Gasteiger partial charge in [0, 0.05) is 26.2 Å². The molecule has 2 heterocycles. The Kier molecular flexibility index (Phi) is 6.33. The van der Waals surface area contributed by atoms with E-state index in [1.807, 2.05) is 36.9 Å². The number of piperazine rings is 1. The first-order valence-corrected chi connectivity index (χ1v) is 10.0. The van der Waals surface area contributed by atoms with E-state index in [2.05, 4.69) is 27.3 Å². The maximum atomic E-state index is 12.8. The van der Waals surface area contributed by atoms with Crippen LogP contribution in [-0.4, -0.2) is 81.0 Å². The number of carbonyl (C=O) groups excluding carboxylic acids is 1. The number of hydrogen-bond donors (Lipinski definition) is 0. The van der Waals surface area contributed by atoms with Crippen molar-refractivity contribution in [1.82, 2.24) is 30.0 Å². The fourth-order valence-electron chi connectivity index (χ4n) is 3.12. The Hall–Kier alpha value is -2.13. The number of hydrogen-bond acceptors (Lipinski definition) is 7. The highest BCUT2D eigenvalue weighted by atomic mass is 32.2. The van der Waals surface area contributed by atoms with Crippen molar-refractivity contribution in [2.75, 3.05) is 39.8 Å². The van der Waals surface area contributed by atoms with Crippen LogP contribution < -0.4 is 4.74 Å². The van der Waals surface area contributed by atoms with Gasteiger partial charge >= 0.3 is 0 Å². The summed E-state index contributed by atoms with van der Waals surface area (Å²) in [7, 11) is 1.62. The lowest BCUT2D eigenvalue weighted by molar-refractivity contribution is -0.132. The van der Waals surface area contributed by atoms with Gasteiger partial charge in [-0.15, -0.1) is 5.10 Å². The summed E-state index contributed by atoms with van der Waals surface area (Å²) >= 11 is 1.37. The molecule has 1 aromatic carbocycles. The number of amides is 1. The molecule has 3 rings (SSSR count). The zero-order valence-electron chi connectivity index (χ0n) is 16.3. The molecular weight excluding hydrogens is 364 g/mol. The lowest BCUT2D eigenvalue weighted by atomic mass is 10.2. The number of thioether (sulfide) groups is 1. The van der Waals surface area contributed by atoms with Gasteiger partial charge in [0.05, 0.1) is 12.4 Å². The van der Waals surface area contributed by atoms with Gasteiger partial charge in [-0.2, -0.15) is 4.68 Å². The second-order valence-corrected chi connectivity index (χ2v) is 7.88. The Bertz CT molecular complexity index is 788. The topological polar surface area (TPSA) is 76.4 Å². The highest BCUT2D eigenvalue weighted by Gasteiger charge is 2.27. The average Bonchev–Trinajstić information content (AvgIpc) is 3.15. The number of aromatic nitrogens is 4. The molecule has 1 aromatic heterocycles. The van der Waals surface area contributed by atoms with Crippen molar-refractivity contribution in [3.05, 3.63) is 23.8 Å². The van der Waals surface area contributed by atoms with Crippen LogP contribution in [-0.2, 0) is 4.79 Å². The van der Waals surface area contributed by atoms with Crippen molar-refractivity contribution in [2.45, 2.75) is 31.2 Å². The Morgan fingerprint density at radius 2 is 2.04 bits per heavy atom. The van der Waals surface area contributed by atoms with Crippen LogP contribution >= 0.6 is 11.8 Å². The number of benzene rings is 1. The van der Waals surface area contributed by atoms with Crippen molar-refractivity contribution < 1.29 is 9.53 Å². The molecule has 1 unspecified atom stereocenters. The number of ether oxygens (including phenoxy) is 1. The second-order valence-electron chi connectivity index (χ2n) is 6.57. The summed E-state index contributed by atoms with van der Waals surface area (Å²) in [6, 6.07) is 5.83. The lowest BCUT2D eigenvalue weighted by Gasteiger charge is -2.35. The van der Waals surface area contributed by atoms with Crippen LogP contribution in [0.3, 0.4) is 0 Å². The van der Waals surface area contributed by atoms with Crippen LogP contribution in [0.5, 0.6) is 5.75 Å². The molecule has 0 bridgehead atoms. The van der Waals surface area contributed by atoms with E-state index in [1.165, 1.54) is 11.8 Å². The van der Waals surface area contributed by atoms with E-state index in [4.69, 9.17) is 4.74 Å². The Labute approximate surface area is 163 Å². The minimum atomic E-state index is -0.265. The third-order valence-electron chi connectivity index (χ3n) is 4.76. The first-order chi connectivity index (χ1) is 13.0. The summed E-state index contributed by atoms with van der Waals surface area (Å²) < 4.78 is 7.08. The molecule has 146 valence electrons. The van der Waals surface area contributed by atoms with Crippen LogP contribution in [0.4, 0.5) is 0 Å². The first kappa shape index (κ1) is 19.6. The predicted octanol–water partition coefficient (Wildman–Crippen LogP) is 1.62. The van der Waals surface area contributed by atoms with Crippen molar-refractivity contribution in [2.24, 2.45) is 0 Å². The number of methoxy groups -OCH3 is 1. The van der Waals surface area contributed by atoms with Gasteiger partial charge in [-0.3, -0.25) is 4.79 Å². The van der Waals surface area contributed by atoms with Crippen LogP contribution in [0.2, 0.25) is 0 Å². The average molecular weight is 391 g/mol. The molecule has 1 aliphatic heterocycles. The van der Waals surface area contributed by atoms with Gasteiger partial charge < -0.3 is 14.5 Å². The van der Waals surface area contributed by atoms with Gasteiger partial charge in [0.15, 0.2) is 0 Å². The Morgan fingerprint density at radius 1 is 1.30 bits per heavy atom. The van der Waals surface area contributed by atoms with Crippen LogP contribution in [0.15, 0.2) is 23.4 Å². The summed E-state index contributed by atoms with van der Waals surface area (Å²) in [6.45, 7) is 10.5. The third-order valence-corrected chi connectivity index (χ3v) is 5.79. The highest BCUT2D eigenvalue weighted by molar-refractivity contribution is 8.00. The van der Waals surface area contributed by atoms with Gasteiger partial charge in [-0.1, -0.05) is 24.8 Å². The fourth-order valence-corrected chi connectivity index (χ4v) is 4.00. The van der Waals surface area contributed by atoms with Crippen LogP contribution in [0.25, 0.3) is 5.69 Å². The van der Waals surface area contributed by atoms with E-state index in [-0.39, 0.29) is 11.2 Å². The van der Waals surface area contributed by atoms with Gasteiger partial charge in [0.2, 0.25) is 11.1 Å². The molecule has 1 fully saturated rings. The van der Waals surface area contributed by atoms with Crippen molar-refractivity contribution >= 4 is 17.7 Å². The molecule has 1 amide bonds. The van der Waals surface area contributed by atoms with Gasteiger partial charge in [0.25, 0.3) is 0 Å². The molecule has 0 saturated carbocycles. The summed E-state index contributed by atoms with van der Waals surface area (Å²) in [5.74, 6) is 0.811. The molecule has 2 aromatic rings. The first-order valence-electron chi connectivity index (χ1n) is 9.14. The fraction of sp³-hybridized carbons (Fsp3) is 0.556. The summed E-state index contributed by atoms with van der Waals surface area (Å²) in [5.41, 5.74) is 1.84. The van der Waals surface area contributed by atoms with E-state index >= 15 is 0 Å². The largest absolute Gasteiger partial charge is 0.494 e. The quantitative estimate of drug-likeness (QED) is 0.694. The van der Waals surface area contributed by atoms with E-state index < -0.39 is 0 Å². The number of rotatable bonds is 6. The van der Waals surface area contributed by atoms with Gasteiger partial charge in [-0.05, 0) is 48.5 Å². The van der Waals surface area contributed by atoms with E-state index in [9.17, 15) is 4.79 Å². The Balaban J connectivity index is 1.73. The van der Waals surface area contributed by atoms with Crippen LogP contribution in [0, 0.1) is 6.92 Å². The number of aryl methyl sites for hydroxylation is 1. The summed E-state index contributed by atoms with van der Waals surface area (Å²) in [5, 5.41) is 12.3. The standard InChI is InChI=1S/C18H26N6O2S/c1-5-22-8-10-23(11-9-22)17(25)14(3)27-18-19-20-21-24(18)15-12-13(2)6-7-16(15)26-4/h6-7,12,14H,5,8-11H2,1-4H3. The van der Waals surface area contributed by atoms with Crippen molar-refractivity contribution in [3.63, 3.8) is 0 Å². The van der Waals surface area contributed by atoms with E-state index in [0.29, 0.717) is 10.9 Å². The predicted molar refractivity (Wildman–Crippen MR) is 104 cm³/mol. The monoisotopic (exact) mass is 390 g/mol. The number of likely N-dealkylation sites (N-methyl/N-ethyl adjacent to an activating group) is 1.